The Hall–Kier alpha value is -3.21. The van der Waals surface area contributed by atoms with Crippen molar-refractivity contribution in [2.45, 2.75) is 20.8 Å². The molecule has 1 aromatic heterocycles. The van der Waals surface area contributed by atoms with Gasteiger partial charge in [-0.3, -0.25) is 4.79 Å². The molecule has 2 aromatic carbocycles. The molecule has 1 heterocycles. The third-order valence-corrected chi connectivity index (χ3v) is 3.76. The zero-order chi connectivity index (χ0) is 17.8. The second kappa shape index (κ2) is 7.13. The lowest BCUT2D eigenvalue weighted by molar-refractivity contribution is 0.102. The quantitative estimate of drug-likeness (QED) is 0.743. The topological polar surface area (TPSA) is 66.9 Å². The van der Waals surface area contributed by atoms with E-state index in [-0.39, 0.29) is 5.91 Å². The number of aryl methyl sites for hydroxylation is 3. The second-order valence-electron chi connectivity index (χ2n) is 6.04. The third kappa shape index (κ3) is 4.20. The van der Waals surface area contributed by atoms with Gasteiger partial charge in [0.25, 0.3) is 5.91 Å². The van der Waals surface area contributed by atoms with Crippen LogP contribution in [0.1, 0.15) is 27.2 Å². The highest BCUT2D eigenvalue weighted by molar-refractivity contribution is 6.03. The molecule has 0 saturated carbocycles. The fraction of sp³-hybridized carbons (Fsp3) is 0.150. The molecule has 25 heavy (non-hydrogen) atoms. The van der Waals surface area contributed by atoms with Crippen molar-refractivity contribution in [2.24, 2.45) is 0 Å². The van der Waals surface area contributed by atoms with Gasteiger partial charge in [-0.2, -0.15) is 0 Å². The van der Waals surface area contributed by atoms with E-state index in [1.807, 2.05) is 57.2 Å². The molecule has 0 unspecified atom stereocenters. The van der Waals surface area contributed by atoms with Gasteiger partial charge in [-0.25, -0.2) is 9.97 Å². The lowest BCUT2D eigenvalue weighted by atomic mass is 10.1. The summed E-state index contributed by atoms with van der Waals surface area (Å²) in [6.07, 6.45) is 1.57. The molecule has 5 nitrogen and oxygen atoms in total. The summed E-state index contributed by atoms with van der Waals surface area (Å²) in [7, 11) is 0. The van der Waals surface area contributed by atoms with Crippen molar-refractivity contribution >= 4 is 23.2 Å². The molecule has 0 bridgehead atoms. The molecular formula is C20H20N4O. The summed E-state index contributed by atoms with van der Waals surface area (Å²) in [4.78, 5) is 21.0. The summed E-state index contributed by atoms with van der Waals surface area (Å²) >= 11 is 0. The van der Waals surface area contributed by atoms with Gasteiger partial charge in [0.15, 0.2) is 0 Å². The van der Waals surface area contributed by atoms with E-state index in [1.54, 1.807) is 12.3 Å². The smallest absolute Gasteiger partial charge is 0.274 e. The fourth-order valence-corrected chi connectivity index (χ4v) is 2.62. The van der Waals surface area contributed by atoms with Crippen molar-refractivity contribution in [1.82, 2.24) is 9.97 Å². The van der Waals surface area contributed by atoms with E-state index >= 15 is 0 Å². The minimum absolute atomic E-state index is 0.264. The molecule has 0 aliphatic heterocycles. The molecule has 5 heteroatoms. The molecule has 3 aromatic rings. The van der Waals surface area contributed by atoms with Crippen molar-refractivity contribution in [2.75, 3.05) is 10.6 Å². The van der Waals surface area contributed by atoms with Crippen LogP contribution < -0.4 is 10.6 Å². The number of aromatic nitrogens is 2. The van der Waals surface area contributed by atoms with E-state index < -0.39 is 0 Å². The molecule has 1 amide bonds. The van der Waals surface area contributed by atoms with Crippen LogP contribution in [0, 0.1) is 20.8 Å². The Kier molecular flexibility index (Phi) is 4.75. The monoisotopic (exact) mass is 332 g/mol. The van der Waals surface area contributed by atoms with Gasteiger partial charge in [0.05, 0.1) is 0 Å². The number of carbonyl (C=O) groups excluding carboxylic acids is 1. The Morgan fingerprint density at radius 3 is 2.40 bits per heavy atom. The molecule has 0 aliphatic rings. The van der Waals surface area contributed by atoms with Crippen LogP contribution >= 0.6 is 0 Å². The number of hydrogen-bond acceptors (Lipinski definition) is 4. The fourth-order valence-electron chi connectivity index (χ4n) is 2.62. The molecule has 0 aliphatic carbocycles. The average Bonchev–Trinajstić information content (AvgIpc) is 2.56. The minimum Gasteiger partial charge on any atom is -0.324 e. The van der Waals surface area contributed by atoms with Crippen molar-refractivity contribution < 1.29 is 4.79 Å². The Morgan fingerprint density at radius 2 is 1.68 bits per heavy atom. The number of nitrogens with zero attached hydrogens (tertiary/aromatic N) is 2. The SMILES string of the molecule is Cc1cc(C)cc(NC(=O)c2ccnc(Nc3ccccc3C)n2)c1. The molecule has 0 radical (unpaired) electrons. The summed E-state index contributed by atoms with van der Waals surface area (Å²) in [5.41, 5.74) is 5.25. The molecule has 0 spiro atoms. The molecule has 0 saturated heterocycles. The van der Waals surface area contributed by atoms with Gasteiger partial charge < -0.3 is 10.6 Å². The van der Waals surface area contributed by atoms with Gasteiger partial charge in [0.2, 0.25) is 5.95 Å². The second-order valence-corrected chi connectivity index (χ2v) is 6.04. The van der Waals surface area contributed by atoms with Crippen LogP contribution in [-0.2, 0) is 0 Å². The van der Waals surface area contributed by atoms with E-state index in [1.165, 1.54) is 0 Å². The normalized spacial score (nSPS) is 10.4. The number of hydrogen-bond donors (Lipinski definition) is 2. The number of benzene rings is 2. The summed E-state index contributed by atoms with van der Waals surface area (Å²) in [5.74, 6) is 0.127. The Labute approximate surface area is 147 Å². The highest BCUT2D eigenvalue weighted by Crippen LogP contribution is 2.18. The summed E-state index contributed by atoms with van der Waals surface area (Å²) in [5, 5.41) is 6.03. The van der Waals surface area contributed by atoms with Gasteiger partial charge >= 0.3 is 0 Å². The number of amides is 1. The van der Waals surface area contributed by atoms with E-state index in [2.05, 4.69) is 26.7 Å². The summed E-state index contributed by atoms with van der Waals surface area (Å²) in [6, 6.07) is 15.4. The molecular weight excluding hydrogens is 312 g/mol. The van der Waals surface area contributed by atoms with Crippen LogP contribution in [-0.4, -0.2) is 15.9 Å². The zero-order valence-corrected chi connectivity index (χ0v) is 14.5. The van der Waals surface area contributed by atoms with Crippen molar-refractivity contribution in [3.63, 3.8) is 0 Å². The van der Waals surface area contributed by atoms with E-state index in [4.69, 9.17) is 0 Å². The average molecular weight is 332 g/mol. The summed E-state index contributed by atoms with van der Waals surface area (Å²) < 4.78 is 0. The van der Waals surface area contributed by atoms with Gasteiger partial charge in [-0.1, -0.05) is 24.3 Å². The maximum absolute atomic E-state index is 12.5. The highest BCUT2D eigenvalue weighted by atomic mass is 16.1. The molecule has 0 atom stereocenters. The van der Waals surface area contributed by atoms with Crippen LogP contribution in [0.4, 0.5) is 17.3 Å². The van der Waals surface area contributed by atoms with Gasteiger partial charge in [0, 0.05) is 17.6 Å². The Balaban J connectivity index is 1.78. The van der Waals surface area contributed by atoms with Gasteiger partial charge in [-0.05, 0) is 61.7 Å². The largest absolute Gasteiger partial charge is 0.324 e. The van der Waals surface area contributed by atoms with Crippen molar-refractivity contribution in [3.05, 3.63) is 77.1 Å². The maximum atomic E-state index is 12.5. The van der Waals surface area contributed by atoms with Crippen LogP contribution in [0.5, 0.6) is 0 Å². The lowest BCUT2D eigenvalue weighted by Crippen LogP contribution is -2.15. The number of carbonyl (C=O) groups is 1. The van der Waals surface area contributed by atoms with Crippen LogP contribution in [0.3, 0.4) is 0 Å². The number of rotatable bonds is 4. The first kappa shape index (κ1) is 16.6. The molecule has 2 N–H and O–H groups in total. The first-order valence-electron chi connectivity index (χ1n) is 8.06. The summed E-state index contributed by atoms with van der Waals surface area (Å²) in [6.45, 7) is 5.99. The zero-order valence-electron chi connectivity index (χ0n) is 14.5. The maximum Gasteiger partial charge on any atom is 0.274 e. The first-order valence-corrected chi connectivity index (χ1v) is 8.06. The molecule has 3 rings (SSSR count). The number of para-hydroxylation sites is 1. The number of nitrogens with one attached hydrogen (secondary N) is 2. The number of anilines is 3. The van der Waals surface area contributed by atoms with Crippen molar-refractivity contribution in [1.29, 1.82) is 0 Å². The Morgan fingerprint density at radius 1 is 0.960 bits per heavy atom. The molecule has 0 fully saturated rings. The van der Waals surface area contributed by atoms with Crippen LogP contribution in [0.15, 0.2) is 54.7 Å². The Bertz CT molecular complexity index is 901. The van der Waals surface area contributed by atoms with E-state index in [9.17, 15) is 4.79 Å². The third-order valence-electron chi connectivity index (χ3n) is 3.76. The van der Waals surface area contributed by atoms with E-state index in [0.717, 1.165) is 28.1 Å². The molecule has 126 valence electrons. The standard InChI is InChI=1S/C20H20N4O/c1-13-10-14(2)12-16(11-13)22-19(25)18-8-9-21-20(24-18)23-17-7-5-4-6-15(17)3/h4-12H,1-3H3,(H,22,25)(H,21,23,24). The highest BCUT2D eigenvalue weighted by Gasteiger charge is 2.10. The predicted octanol–water partition coefficient (Wildman–Crippen LogP) is 4.40. The van der Waals surface area contributed by atoms with Crippen LogP contribution in [0.25, 0.3) is 0 Å². The van der Waals surface area contributed by atoms with E-state index in [0.29, 0.717) is 11.6 Å². The van der Waals surface area contributed by atoms with Gasteiger partial charge in [-0.15, -0.1) is 0 Å². The van der Waals surface area contributed by atoms with Crippen molar-refractivity contribution in [3.8, 4) is 0 Å². The first-order chi connectivity index (χ1) is 12.0. The van der Waals surface area contributed by atoms with Crippen LogP contribution in [0.2, 0.25) is 0 Å². The lowest BCUT2D eigenvalue weighted by Gasteiger charge is -2.10. The van der Waals surface area contributed by atoms with Gasteiger partial charge in [0.1, 0.15) is 5.69 Å². The minimum atomic E-state index is -0.264. The predicted molar refractivity (Wildman–Crippen MR) is 100 cm³/mol.